The van der Waals surface area contributed by atoms with Crippen molar-refractivity contribution in [2.24, 2.45) is 0 Å². The highest BCUT2D eigenvalue weighted by atomic mass is 15.2. The average Bonchev–Trinajstić information content (AvgIpc) is 3.52. The van der Waals surface area contributed by atoms with Crippen LogP contribution in [0.5, 0.6) is 0 Å². The molecule has 0 spiro atoms. The van der Waals surface area contributed by atoms with E-state index in [4.69, 9.17) is 9.97 Å². The Bertz CT molecular complexity index is 1510. The van der Waals surface area contributed by atoms with Gasteiger partial charge in [-0.3, -0.25) is 10.1 Å². The number of hydrogen-bond acceptors (Lipinski definition) is 5. The van der Waals surface area contributed by atoms with E-state index in [0.717, 1.165) is 64.3 Å². The van der Waals surface area contributed by atoms with E-state index in [2.05, 4.69) is 64.5 Å². The van der Waals surface area contributed by atoms with Crippen LogP contribution in [-0.4, -0.2) is 55.7 Å². The first-order valence-electron chi connectivity index (χ1n) is 12.8. The van der Waals surface area contributed by atoms with Crippen LogP contribution < -0.4 is 0 Å². The number of nitrogens with one attached hydrogen (secondary N) is 2. The second kappa shape index (κ2) is 12.3. The number of nitrogens with zero attached hydrogens (tertiary/aromatic N) is 5. The maximum absolute atomic E-state index is 5.00. The number of aryl methyl sites for hydroxylation is 1. The van der Waals surface area contributed by atoms with Crippen molar-refractivity contribution in [1.82, 2.24) is 35.0 Å². The Labute approximate surface area is 224 Å². The second-order valence-corrected chi connectivity index (χ2v) is 9.33. The largest absolute Gasteiger partial charge is 0.340 e. The summed E-state index contributed by atoms with van der Waals surface area (Å²) in [7, 11) is 4.18. The van der Waals surface area contributed by atoms with Gasteiger partial charge in [0.15, 0.2) is 11.5 Å². The molecule has 0 saturated heterocycles. The lowest BCUT2D eigenvalue weighted by atomic mass is 10.0. The van der Waals surface area contributed by atoms with Gasteiger partial charge in [-0.25, -0.2) is 9.97 Å². The molecule has 0 aliphatic rings. The van der Waals surface area contributed by atoms with Crippen molar-refractivity contribution < 1.29 is 0 Å². The van der Waals surface area contributed by atoms with E-state index in [1.54, 1.807) is 12.3 Å². The molecule has 4 aromatic heterocycles. The molecule has 0 bridgehead atoms. The molecule has 0 unspecified atom stereocenters. The SMILES string of the molecule is C=C/C=C(/c1ccccn1)c1nc(-c2n[nH]c3ccc(C(/C=C(\C=C)CCCN(C)C)=C/C)nc23)[nH]c1C. The number of pyridine rings is 2. The van der Waals surface area contributed by atoms with Crippen LogP contribution in [0.15, 0.2) is 85.6 Å². The Kier molecular flexibility index (Phi) is 8.61. The van der Waals surface area contributed by atoms with E-state index >= 15 is 0 Å². The molecule has 4 heterocycles. The van der Waals surface area contributed by atoms with E-state index < -0.39 is 0 Å². The van der Waals surface area contributed by atoms with Gasteiger partial charge in [0, 0.05) is 17.5 Å². The first-order chi connectivity index (χ1) is 18.4. The topological polar surface area (TPSA) is 86.4 Å². The molecule has 4 aromatic rings. The minimum atomic E-state index is 0.646. The maximum Gasteiger partial charge on any atom is 0.161 e. The lowest BCUT2D eigenvalue weighted by Crippen LogP contribution is -2.12. The Morgan fingerprint density at radius 3 is 2.61 bits per heavy atom. The van der Waals surface area contributed by atoms with Crippen molar-refractivity contribution in [3.63, 3.8) is 0 Å². The number of imidazole rings is 1. The van der Waals surface area contributed by atoms with Gasteiger partial charge in [0.25, 0.3) is 0 Å². The number of H-pyrrole nitrogens is 2. The number of aromatic nitrogens is 6. The molecule has 0 aromatic carbocycles. The van der Waals surface area contributed by atoms with Gasteiger partial charge < -0.3 is 9.88 Å². The fourth-order valence-corrected chi connectivity index (χ4v) is 4.32. The fourth-order valence-electron chi connectivity index (χ4n) is 4.32. The van der Waals surface area contributed by atoms with Crippen molar-refractivity contribution in [1.29, 1.82) is 0 Å². The Hall–Kier alpha value is -4.36. The van der Waals surface area contributed by atoms with Crippen LogP contribution in [0.2, 0.25) is 0 Å². The molecule has 0 radical (unpaired) electrons. The van der Waals surface area contributed by atoms with Crippen LogP contribution in [0, 0.1) is 6.92 Å². The zero-order chi connectivity index (χ0) is 27.1. The highest BCUT2D eigenvalue weighted by molar-refractivity contribution is 5.90. The van der Waals surface area contributed by atoms with E-state index in [1.165, 1.54) is 5.57 Å². The molecular weight excluding hydrogens is 470 g/mol. The van der Waals surface area contributed by atoms with Gasteiger partial charge in [-0.2, -0.15) is 5.10 Å². The predicted molar refractivity (Wildman–Crippen MR) is 157 cm³/mol. The Morgan fingerprint density at radius 1 is 1.08 bits per heavy atom. The van der Waals surface area contributed by atoms with Gasteiger partial charge >= 0.3 is 0 Å². The molecule has 0 aliphatic carbocycles. The van der Waals surface area contributed by atoms with Crippen molar-refractivity contribution in [3.8, 4) is 11.5 Å². The molecule has 38 heavy (non-hydrogen) atoms. The Morgan fingerprint density at radius 2 is 1.92 bits per heavy atom. The summed E-state index contributed by atoms with van der Waals surface area (Å²) in [5.74, 6) is 0.646. The van der Waals surface area contributed by atoms with Gasteiger partial charge in [0.05, 0.1) is 22.6 Å². The lowest BCUT2D eigenvalue weighted by molar-refractivity contribution is 0.400. The average molecular weight is 506 g/mol. The zero-order valence-electron chi connectivity index (χ0n) is 22.6. The lowest BCUT2D eigenvalue weighted by Gasteiger charge is -2.10. The predicted octanol–water partition coefficient (Wildman–Crippen LogP) is 6.53. The van der Waals surface area contributed by atoms with Crippen molar-refractivity contribution in [3.05, 3.63) is 108 Å². The molecule has 7 nitrogen and oxygen atoms in total. The highest BCUT2D eigenvalue weighted by Crippen LogP contribution is 2.30. The minimum Gasteiger partial charge on any atom is -0.340 e. The van der Waals surface area contributed by atoms with Crippen molar-refractivity contribution in [2.45, 2.75) is 26.7 Å². The molecule has 0 atom stereocenters. The molecule has 0 fully saturated rings. The fraction of sp³-hybridized carbons (Fsp3) is 0.226. The van der Waals surface area contributed by atoms with Gasteiger partial charge in [-0.15, -0.1) is 0 Å². The molecule has 7 heteroatoms. The van der Waals surface area contributed by atoms with Crippen molar-refractivity contribution in [2.75, 3.05) is 20.6 Å². The van der Waals surface area contributed by atoms with E-state index in [0.29, 0.717) is 11.5 Å². The molecule has 0 saturated carbocycles. The first-order valence-corrected chi connectivity index (χ1v) is 12.8. The molecule has 2 N–H and O–H groups in total. The molecular formula is C31H35N7. The third-order valence-electron chi connectivity index (χ3n) is 6.28. The van der Waals surface area contributed by atoms with Crippen LogP contribution >= 0.6 is 0 Å². The molecule has 0 aliphatic heterocycles. The van der Waals surface area contributed by atoms with Gasteiger partial charge in [-0.05, 0) is 88.8 Å². The van der Waals surface area contributed by atoms with E-state index in [9.17, 15) is 0 Å². The number of aromatic amines is 2. The Balaban J connectivity index is 1.71. The summed E-state index contributed by atoms with van der Waals surface area (Å²) in [4.78, 5) is 20.0. The normalized spacial score (nSPS) is 12.9. The third-order valence-corrected chi connectivity index (χ3v) is 6.28. The number of rotatable bonds is 11. The van der Waals surface area contributed by atoms with Gasteiger partial charge in [0.2, 0.25) is 0 Å². The second-order valence-electron chi connectivity index (χ2n) is 9.33. The molecule has 4 rings (SSSR count). The van der Waals surface area contributed by atoms with Crippen LogP contribution in [-0.2, 0) is 0 Å². The summed E-state index contributed by atoms with van der Waals surface area (Å²) in [6.07, 6.45) is 13.7. The number of fused-ring (bicyclic) bond motifs is 1. The summed E-state index contributed by atoms with van der Waals surface area (Å²) in [5.41, 5.74) is 8.82. The summed E-state index contributed by atoms with van der Waals surface area (Å²) in [6, 6.07) is 9.85. The minimum absolute atomic E-state index is 0.646. The summed E-state index contributed by atoms with van der Waals surface area (Å²) in [5, 5.41) is 7.67. The monoisotopic (exact) mass is 505 g/mol. The highest BCUT2D eigenvalue weighted by Gasteiger charge is 2.19. The van der Waals surface area contributed by atoms with Gasteiger partial charge in [-0.1, -0.05) is 43.5 Å². The van der Waals surface area contributed by atoms with Crippen LogP contribution in [0.3, 0.4) is 0 Å². The van der Waals surface area contributed by atoms with Gasteiger partial charge in [0.1, 0.15) is 5.52 Å². The van der Waals surface area contributed by atoms with Crippen LogP contribution in [0.4, 0.5) is 0 Å². The summed E-state index contributed by atoms with van der Waals surface area (Å²) >= 11 is 0. The standard InChI is InChI=1S/C31H35N7/c1-7-13-24(26-15-10-11-18-32-26)28-21(4)33-31(35-28)30-29-27(36-37-30)17-16-25(34-29)23(9-3)20-22(8-2)14-12-19-38(5)6/h7-11,13,15-18,20H,1-2,12,14,19H2,3-6H3,(H,33,35)(H,36,37)/b22-20+,23-9+,24-13-. The van der Waals surface area contributed by atoms with E-state index in [1.807, 2.05) is 56.3 Å². The summed E-state index contributed by atoms with van der Waals surface area (Å²) in [6.45, 7) is 13.0. The van der Waals surface area contributed by atoms with Crippen LogP contribution in [0.1, 0.15) is 42.5 Å². The number of hydrogen-bond donors (Lipinski definition) is 2. The summed E-state index contributed by atoms with van der Waals surface area (Å²) < 4.78 is 0. The smallest absolute Gasteiger partial charge is 0.161 e. The van der Waals surface area contributed by atoms with E-state index in [-0.39, 0.29) is 0 Å². The quantitative estimate of drug-likeness (QED) is 0.226. The number of allylic oxidation sites excluding steroid dienone is 7. The maximum atomic E-state index is 5.00. The zero-order valence-corrected chi connectivity index (χ0v) is 22.6. The third kappa shape index (κ3) is 5.95. The van der Waals surface area contributed by atoms with Crippen molar-refractivity contribution >= 4 is 22.2 Å². The molecule has 0 amide bonds. The molecule has 194 valence electrons. The first kappa shape index (κ1) is 26.7. The van der Waals surface area contributed by atoms with Crippen LogP contribution in [0.25, 0.3) is 33.7 Å².